The molecule has 0 unspecified atom stereocenters. The summed E-state index contributed by atoms with van der Waals surface area (Å²) in [5.41, 5.74) is 7.15. The lowest BCUT2D eigenvalue weighted by Gasteiger charge is -2.16. The Morgan fingerprint density at radius 1 is 1.07 bits per heavy atom. The van der Waals surface area contributed by atoms with Gasteiger partial charge in [0.2, 0.25) is 0 Å². The number of ketones is 1. The lowest BCUT2D eigenvalue weighted by Crippen LogP contribution is -2.23. The zero-order valence-electron chi connectivity index (χ0n) is 17.2. The number of aryl methyl sites for hydroxylation is 2. The summed E-state index contributed by atoms with van der Waals surface area (Å²) in [6, 6.07) is 12.1. The molecule has 0 saturated heterocycles. The molecule has 1 aliphatic heterocycles. The van der Waals surface area contributed by atoms with Crippen LogP contribution < -0.4 is 5.56 Å². The van der Waals surface area contributed by atoms with E-state index in [1.165, 1.54) is 11.1 Å². The van der Waals surface area contributed by atoms with Gasteiger partial charge in [-0.15, -0.1) is 0 Å². The highest BCUT2D eigenvalue weighted by Crippen LogP contribution is 2.50. The van der Waals surface area contributed by atoms with Crippen molar-refractivity contribution >= 4 is 5.78 Å². The van der Waals surface area contributed by atoms with Gasteiger partial charge in [-0.2, -0.15) is 0 Å². The molecule has 5 nitrogen and oxygen atoms in total. The number of hydrogen-bond donors (Lipinski definition) is 1. The van der Waals surface area contributed by atoms with E-state index in [4.69, 9.17) is 9.72 Å². The van der Waals surface area contributed by atoms with Crippen LogP contribution in [0.25, 0.3) is 11.3 Å². The summed E-state index contributed by atoms with van der Waals surface area (Å²) in [4.78, 5) is 32.5. The van der Waals surface area contributed by atoms with Crippen molar-refractivity contribution in [2.45, 2.75) is 51.7 Å². The molecule has 2 aromatic heterocycles. The molecule has 1 N–H and O–H groups in total. The molecule has 1 fully saturated rings. The fraction of sp³-hybridized carbons (Fsp3) is 0.320. The van der Waals surface area contributed by atoms with Gasteiger partial charge in [0, 0.05) is 29.4 Å². The third-order valence-corrected chi connectivity index (χ3v) is 6.42. The number of rotatable bonds is 5. The fourth-order valence-corrected chi connectivity index (χ4v) is 4.35. The van der Waals surface area contributed by atoms with Crippen LogP contribution in [0.4, 0.5) is 0 Å². The van der Waals surface area contributed by atoms with E-state index < -0.39 is 0 Å². The maximum absolute atomic E-state index is 13.3. The van der Waals surface area contributed by atoms with Crippen molar-refractivity contribution in [3.8, 4) is 11.3 Å². The van der Waals surface area contributed by atoms with Crippen LogP contribution in [0, 0.1) is 13.8 Å². The van der Waals surface area contributed by atoms with Crippen LogP contribution >= 0.6 is 0 Å². The van der Waals surface area contributed by atoms with Crippen molar-refractivity contribution in [2.75, 3.05) is 0 Å². The molecule has 1 aliphatic carbocycles. The van der Waals surface area contributed by atoms with Crippen LogP contribution in [0.2, 0.25) is 0 Å². The van der Waals surface area contributed by atoms with Gasteiger partial charge in [0.1, 0.15) is 5.78 Å². The summed E-state index contributed by atoms with van der Waals surface area (Å²) >= 11 is 0. The number of hydrogen-bond acceptors (Lipinski definition) is 4. The fourth-order valence-electron chi connectivity index (χ4n) is 4.35. The van der Waals surface area contributed by atoms with E-state index >= 15 is 0 Å². The largest absolute Gasteiger partial charge is 0.372 e. The molecular weight excluding hydrogens is 376 g/mol. The Bertz CT molecular complexity index is 1220. The molecular formula is C25H24N2O3. The molecule has 0 bridgehead atoms. The van der Waals surface area contributed by atoms with Gasteiger partial charge in [0.05, 0.1) is 24.3 Å². The smallest absolute Gasteiger partial charge is 0.250 e. The van der Waals surface area contributed by atoms with Crippen LogP contribution in [0.15, 0.2) is 47.4 Å². The molecule has 0 radical (unpaired) electrons. The van der Waals surface area contributed by atoms with Crippen LogP contribution in [0.1, 0.15) is 46.4 Å². The normalized spacial score (nSPS) is 16.3. The predicted molar refractivity (Wildman–Crippen MR) is 114 cm³/mol. The van der Waals surface area contributed by atoms with E-state index in [0.717, 1.165) is 40.9 Å². The average molecular weight is 400 g/mol. The van der Waals surface area contributed by atoms with Crippen LogP contribution in [0.3, 0.4) is 0 Å². The van der Waals surface area contributed by atoms with Crippen molar-refractivity contribution < 1.29 is 9.53 Å². The molecule has 30 heavy (non-hydrogen) atoms. The molecule has 5 heteroatoms. The van der Waals surface area contributed by atoms with Crippen molar-refractivity contribution in [3.05, 3.63) is 86.5 Å². The molecule has 0 amide bonds. The van der Waals surface area contributed by atoms with Gasteiger partial charge < -0.3 is 9.72 Å². The quantitative estimate of drug-likeness (QED) is 0.704. The Morgan fingerprint density at radius 3 is 2.63 bits per heavy atom. The first-order chi connectivity index (χ1) is 14.5. The number of carbonyl (C=O) groups excluding carboxylic acids is 1. The Balaban J connectivity index is 1.42. The summed E-state index contributed by atoms with van der Waals surface area (Å²) in [5, 5.41) is 0. The van der Waals surface area contributed by atoms with Gasteiger partial charge in [-0.3, -0.25) is 14.6 Å². The SMILES string of the molecule is Cc1ccc(CC(=O)C2(c3ccc4c(c3)COC4)CC2)nc1-c1c[nH]c(=O)c(C)c1. The molecule has 5 rings (SSSR count). The number of pyridine rings is 2. The molecule has 0 atom stereocenters. The third-order valence-electron chi connectivity index (χ3n) is 6.42. The molecule has 3 aromatic rings. The van der Waals surface area contributed by atoms with E-state index in [-0.39, 0.29) is 16.8 Å². The topological polar surface area (TPSA) is 72.0 Å². The average Bonchev–Trinajstić information content (AvgIpc) is 3.42. The number of ether oxygens (including phenoxy) is 1. The molecule has 152 valence electrons. The van der Waals surface area contributed by atoms with Crippen LogP contribution in [-0.2, 0) is 34.6 Å². The van der Waals surface area contributed by atoms with Crippen LogP contribution in [-0.4, -0.2) is 15.8 Å². The number of nitrogens with zero attached hydrogens (tertiary/aromatic N) is 1. The van der Waals surface area contributed by atoms with Gasteiger partial charge in [-0.05, 0) is 61.1 Å². The number of Topliss-reactive ketones (excluding diaryl/α,β-unsaturated/α-hetero) is 1. The first-order valence-corrected chi connectivity index (χ1v) is 10.4. The minimum absolute atomic E-state index is 0.0989. The first kappa shape index (κ1) is 18.9. The standard InChI is InChI=1S/C25H24N2O3/c1-15-3-6-21(27-23(15)18-9-16(2)24(29)26-12-18)11-22(28)25(7-8-25)20-5-4-17-13-30-14-19(17)10-20/h3-6,9-10,12H,7-8,11,13-14H2,1-2H3,(H,26,29). The number of aromatic amines is 1. The Hall–Kier alpha value is -3.05. The number of aromatic nitrogens is 2. The number of benzene rings is 1. The van der Waals surface area contributed by atoms with Gasteiger partial charge in [-0.25, -0.2) is 0 Å². The van der Waals surface area contributed by atoms with Gasteiger partial charge in [0.15, 0.2) is 0 Å². The third kappa shape index (κ3) is 3.19. The Kier molecular flexibility index (Phi) is 4.44. The number of H-pyrrole nitrogens is 1. The maximum atomic E-state index is 13.3. The summed E-state index contributed by atoms with van der Waals surface area (Å²) in [6.07, 6.45) is 3.78. The molecule has 3 heterocycles. The predicted octanol–water partition coefficient (Wildman–Crippen LogP) is 3.93. The van der Waals surface area contributed by atoms with Crippen molar-refractivity contribution in [3.63, 3.8) is 0 Å². The monoisotopic (exact) mass is 400 g/mol. The van der Waals surface area contributed by atoms with Crippen molar-refractivity contribution in [1.29, 1.82) is 0 Å². The van der Waals surface area contributed by atoms with E-state index in [1.807, 2.05) is 25.1 Å². The summed E-state index contributed by atoms with van der Waals surface area (Å²) in [6.45, 7) is 5.07. The zero-order chi connectivity index (χ0) is 20.9. The van der Waals surface area contributed by atoms with E-state index in [0.29, 0.717) is 25.2 Å². The summed E-state index contributed by atoms with van der Waals surface area (Å²) < 4.78 is 5.52. The zero-order valence-corrected chi connectivity index (χ0v) is 17.2. The van der Waals surface area contributed by atoms with E-state index in [1.54, 1.807) is 13.1 Å². The highest BCUT2D eigenvalue weighted by Gasteiger charge is 2.50. The van der Waals surface area contributed by atoms with Crippen LogP contribution in [0.5, 0.6) is 0 Å². The lowest BCUT2D eigenvalue weighted by atomic mass is 9.87. The molecule has 1 aromatic carbocycles. The van der Waals surface area contributed by atoms with Gasteiger partial charge in [-0.1, -0.05) is 24.3 Å². The Morgan fingerprint density at radius 2 is 1.87 bits per heavy atom. The molecule has 1 saturated carbocycles. The minimum Gasteiger partial charge on any atom is -0.372 e. The number of carbonyl (C=O) groups is 1. The second-order valence-electron chi connectivity index (χ2n) is 8.53. The minimum atomic E-state index is -0.376. The van der Waals surface area contributed by atoms with E-state index in [2.05, 4.69) is 23.2 Å². The molecule has 0 spiro atoms. The lowest BCUT2D eigenvalue weighted by molar-refractivity contribution is -0.120. The van der Waals surface area contributed by atoms with Crippen molar-refractivity contribution in [1.82, 2.24) is 9.97 Å². The number of nitrogens with one attached hydrogen (secondary N) is 1. The Labute approximate surface area is 175 Å². The maximum Gasteiger partial charge on any atom is 0.250 e. The van der Waals surface area contributed by atoms with Gasteiger partial charge >= 0.3 is 0 Å². The second-order valence-corrected chi connectivity index (χ2v) is 8.53. The van der Waals surface area contributed by atoms with Gasteiger partial charge in [0.25, 0.3) is 5.56 Å². The second kappa shape index (κ2) is 7.03. The summed E-state index contributed by atoms with van der Waals surface area (Å²) in [5.74, 6) is 0.223. The number of fused-ring (bicyclic) bond motifs is 1. The first-order valence-electron chi connectivity index (χ1n) is 10.4. The summed E-state index contributed by atoms with van der Waals surface area (Å²) in [7, 11) is 0. The highest BCUT2D eigenvalue weighted by atomic mass is 16.5. The van der Waals surface area contributed by atoms with E-state index in [9.17, 15) is 9.59 Å². The highest BCUT2D eigenvalue weighted by molar-refractivity contribution is 5.94. The van der Waals surface area contributed by atoms with Crippen molar-refractivity contribution in [2.24, 2.45) is 0 Å². The molecule has 2 aliphatic rings.